The molecule has 0 radical (unpaired) electrons. The van der Waals surface area contributed by atoms with Gasteiger partial charge < -0.3 is 14.9 Å². The van der Waals surface area contributed by atoms with E-state index in [9.17, 15) is 9.59 Å². The molecular formula is C15H29N3O3. The van der Waals surface area contributed by atoms with Crippen LogP contribution < -0.4 is 0 Å². The van der Waals surface area contributed by atoms with E-state index in [0.29, 0.717) is 6.54 Å². The maximum absolute atomic E-state index is 12.5. The summed E-state index contributed by atoms with van der Waals surface area (Å²) in [6, 6.07) is 0.503. The molecule has 1 saturated heterocycles. The fraction of sp³-hybridized carbons (Fsp3) is 0.867. The van der Waals surface area contributed by atoms with E-state index in [-0.39, 0.29) is 31.1 Å². The van der Waals surface area contributed by atoms with E-state index in [4.69, 9.17) is 5.11 Å². The first-order valence-corrected chi connectivity index (χ1v) is 7.71. The first-order chi connectivity index (χ1) is 9.81. The summed E-state index contributed by atoms with van der Waals surface area (Å²) in [4.78, 5) is 29.1. The Balaban J connectivity index is 2.62. The van der Waals surface area contributed by atoms with Crippen molar-refractivity contribution in [2.45, 2.75) is 45.2 Å². The lowest BCUT2D eigenvalue weighted by atomic mass is 9.97. The summed E-state index contributed by atoms with van der Waals surface area (Å²) in [6.45, 7) is 5.59. The van der Waals surface area contributed by atoms with Gasteiger partial charge in [-0.15, -0.1) is 0 Å². The second-order valence-corrected chi connectivity index (χ2v) is 6.34. The fourth-order valence-corrected chi connectivity index (χ4v) is 2.93. The Morgan fingerprint density at radius 3 is 2.14 bits per heavy atom. The molecule has 0 aromatic carbocycles. The highest BCUT2D eigenvalue weighted by atomic mass is 16.4. The third-order valence-corrected chi connectivity index (χ3v) is 4.06. The van der Waals surface area contributed by atoms with Crippen LogP contribution in [0.5, 0.6) is 0 Å². The molecule has 0 aromatic rings. The number of rotatable bonds is 7. The van der Waals surface area contributed by atoms with Crippen molar-refractivity contribution >= 4 is 11.9 Å². The maximum atomic E-state index is 12.5. The lowest BCUT2D eigenvalue weighted by molar-refractivity contribution is -0.141. The Kier molecular flexibility index (Phi) is 7.11. The SMILES string of the molecule is CC1CCCC(C)N1C(=O)CN(CCN(C)C)CC(=O)O. The van der Waals surface area contributed by atoms with Crippen LogP contribution in [0, 0.1) is 0 Å². The number of nitrogens with zero attached hydrogens (tertiary/aromatic N) is 3. The minimum atomic E-state index is -0.888. The minimum absolute atomic E-state index is 0.0507. The molecule has 0 aromatic heterocycles. The number of amides is 1. The van der Waals surface area contributed by atoms with Crippen LogP contribution in [0.3, 0.4) is 0 Å². The zero-order valence-corrected chi connectivity index (χ0v) is 13.7. The molecule has 6 nitrogen and oxygen atoms in total. The third kappa shape index (κ3) is 6.01. The summed E-state index contributed by atoms with van der Waals surface area (Å²) in [5.41, 5.74) is 0. The number of carbonyl (C=O) groups excluding carboxylic acids is 1. The second kappa shape index (κ2) is 8.34. The number of hydrogen-bond acceptors (Lipinski definition) is 4. The topological polar surface area (TPSA) is 64.1 Å². The van der Waals surface area contributed by atoms with E-state index in [2.05, 4.69) is 13.8 Å². The van der Waals surface area contributed by atoms with Gasteiger partial charge in [0.1, 0.15) is 0 Å². The molecule has 1 amide bonds. The molecule has 0 aliphatic carbocycles. The van der Waals surface area contributed by atoms with Gasteiger partial charge in [0.2, 0.25) is 5.91 Å². The highest BCUT2D eigenvalue weighted by Crippen LogP contribution is 2.22. The summed E-state index contributed by atoms with van der Waals surface area (Å²) >= 11 is 0. The van der Waals surface area contributed by atoms with Gasteiger partial charge in [0.25, 0.3) is 0 Å². The van der Waals surface area contributed by atoms with E-state index in [0.717, 1.165) is 25.8 Å². The summed E-state index contributed by atoms with van der Waals surface area (Å²) < 4.78 is 0. The van der Waals surface area contributed by atoms with E-state index >= 15 is 0 Å². The molecule has 1 N–H and O–H groups in total. The number of carboxylic acids is 1. The molecule has 0 spiro atoms. The monoisotopic (exact) mass is 299 g/mol. The number of likely N-dealkylation sites (tertiary alicyclic amines) is 1. The number of carbonyl (C=O) groups is 2. The highest BCUT2D eigenvalue weighted by molar-refractivity contribution is 5.80. The predicted molar refractivity (Wildman–Crippen MR) is 82.3 cm³/mol. The van der Waals surface area contributed by atoms with Crippen molar-refractivity contribution in [3.8, 4) is 0 Å². The van der Waals surface area contributed by atoms with Crippen LogP contribution in [0.2, 0.25) is 0 Å². The summed E-state index contributed by atoms with van der Waals surface area (Å²) in [7, 11) is 3.88. The number of likely N-dealkylation sites (N-methyl/N-ethyl adjacent to an activating group) is 1. The second-order valence-electron chi connectivity index (χ2n) is 6.34. The third-order valence-electron chi connectivity index (χ3n) is 4.06. The Hall–Kier alpha value is -1.14. The number of carboxylic acid groups (broad SMARTS) is 1. The van der Waals surface area contributed by atoms with Gasteiger partial charge in [-0.25, -0.2) is 0 Å². The van der Waals surface area contributed by atoms with Gasteiger partial charge in [-0.2, -0.15) is 0 Å². The lowest BCUT2D eigenvalue weighted by Crippen LogP contribution is -2.52. The van der Waals surface area contributed by atoms with Gasteiger partial charge in [0.05, 0.1) is 13.1 Å². The Morgan fingerprint density at radius 2 is 1.67 bits per heavy atom. The molecule has 1 fully saturated rings. The van der Waals surface area contributed by atoms with Crippen LogP contribution >= 0.6 is 0 Å². The molecule has 122 valence electrons. The first-order valence-electron chi connectivity index (χ1n) is 7.71. The van der Waals surface area contributed by atoms with Crippen molar-refractivity contribution < 1.29 is 14.7 Å². The van der Waals surface area contributed by atoms with E-state index in [1.165, 1.54) is 0 Å². The van der Waals surface area contributed by atoms with Crippen LogP contribution in [0.15, 0.2) is 0 Å². The maximum Gasteiger partial charge on any atom is 0.317 e. The van der Waals surface area contributed by atoms with Crippen LogP contribution in [0.1, 0.15) is 33.1 Å². The molecule has 1 aliphatic heterocycles. The normalized spacial score (nSPS) is 22.9. The molecule has 1 rings (SSSR count). The van der Waals surface area contributed by atoms with Crippen LogP contribution in [0.4, 0.5) is 0 Å². The van der Waals surface area contributed by atoms with Crippen molar-refractivity contribution in [1.82, 2.24) is 14.7 Å². The first kappa shape index (κ1) is 17.9. The fourth-order valence-electron chi connectivity index (χ4n) is 2.93. The Morgan fingerprint density at radius 1 is 1.10 bits per heavy atom. The van der Waals surface area contributed by atoms with E-state index in [1.807, 2.05) is 23.9 Å². The molecule has 2 atom stereocenters. The molecule has 6 heteroatoms. The van der Waals surface area contributed by atoms with Crippen molar-refractivity contribution in [2.24, 2.45) is 0 Å². The highest BCUT2D eigenvalue weighted by Gasteiger charge is 2.29. The summed E-state index contributed by atoms with van der Waals surface area (Å²) in [5, 5.41) is 9.00. The number of piperidine rings is 1. The quantitative estimate of drug-likeness (QED) is 0.750. The number of aliphatic carboxylic acids is 1. The Bertz CT molecular complexity index is 350. The molecule has 1 aliphatic rings. The molecular weight excluding hydrogens is 270 g/mol. The van der Waals surface area contributed by atoms with Crippen LogP contribution in [0.25, 0.3) is 0 Å². The van der Waals surface area contributed by atoms with E-state index < -0.39 is 5.97 Å². The average Bonchev–Trinajstić information content (AvgIpc) is 2.35. The lowest BCUT2D eigenvalue weighted by Gasteiger charge is -2.40. The number of hydrogen-bond donors (Lipinski definition) is 1. The van der Waals surface area contributed by atoms with Crippen molar-refractivity contribution in [3.05, 3.63) is 0 Å². The largest absolute Gasteiger partial charge is 0.480 e. The molecule has 0 bridgehead atoms. The van der Waals surface area contributed by atoms with Gasteiger partial charge >= 0.3 is 5.97 Å². The van der Waals surface area contributed by atoms with Gasteiger partial charge in [0, 0.05) is 25.2 Å². The van der Waals surface area contributed by atoms with Crippen molar-refractivity contribution in [3.63, 3.8) is 0 Å². The molecule has 2 unspecified atom stereocenters. The van der Waals surface area contributed by atoms with E-state index in [1.54, 1.807) is 4.90 Å². The van der Waals surface area contributed by atoms with Crippen molar-refractivity contribution in [2.75, 3.05) is 40.3 Å². The van der Waals surface area contributed by atoms with Crippen LogP contribution in [-0.4, -0.2) is 84.0 Å². The van der Waals surface area contributed by atoms with Gasteiger partial charge in [-0.05, 0) is 47.2 Å². The zero-order chi connectivity index (χ0) is 16.0. The van der Waals surface area contributed by atoms with Gasteiger partial charge in [-0.1, -0.05) is 0 Å². The molecule has 0 saturated carbocycles. The zero-order valence-electron chi connectivity index (χ0n) is 13.7. The van der Waals surface area contributed by atoms with Crippen molar-refractivity contribution in [1.29, 1.82) is 0 Å². The summed E-state index contributed by atoms with van der Waals surface area (Å²) in [5.74, 6) is -0.837. The van der Waals surface area contributed by atoms with Gasteiger partial charge in [-0.3, -0.25) is 14.5 Å². The molecule has 21 heavy (non-hydrogen) atoms. The van der Waals surface area contributed by atoms with Crippen LogP contribution in [-0.2, 0) is 9.59 Å². The van der Waals surface area contributed by atoms with Gasteiger partial charge in [0.15, 0.2) is 0 Å². The summed E-state index contributed by atoms with van der Waals surface area (Å²) in [6.07, 6.45) is 3.23. The smallest absolute Gasteiger partial charge is 0.317 e. The minimum Gasteiger partial charge on any atom is -0.480 e. The Labute approximate surface area is 127 Å². The standard InChI is InChI=1S/C15H29N3O3/c1-12-6-5-7-13(2)18(12)14(19)10-17(11-15(20)21)9-8-16(3)4/h12-13H,5-11H2,1-4H3,(H,20,21). The predicted octanol–water partition coefficient (Wildman–Crippen LogP) is 0.724. The molecule has 1 heterocycles. The average molecular weight is 299 g/mol.